The van der Waals surface area contributed by atoms with Crippen molar-refractivity contribution in [2.24, 2.45) is 11.8 Å². The molecule has 1 saturated heterocycles. The zero-order valence-corrected chi connectivity index (χ0v) is 24.5. The Labute approximate surface area is 250 Å². The number of esters is 2. The fourth-order valence-corrected chi connectivity index (χ4v) is 5.61. The highest BCUT2D eigenvalue weighted by molar-refractivity contribution is 6.02. The summed E-state index contributed by atoms with van der Waals surface area (Å²) in [5.41, 5.74) is 3.15. The highest BCUT2D eigenvalue weighted by atomic mass is 16.6. The molecule has 2 aliphatic heterocycles. The molecule has 0 unspecified atom stereocenters. The van der Waals surface area contributed by atoms with Gasteiger partial charge in [0.05, 0.1) is 23.6 Å². The van der Waals surface area contributed by atoms with Gasteiger partial charge in [0.25, 0.3) is 5.88 Å². The van der Waals surface area contributed by atoms with Gasteiger partial charge in [-0.1, -0.05) is 5.16 Å². The smallest absolute Gasteiger partial charge is 0.356 e. The third kappa shape index (κ3) is 6.87. The first-order chi connectivity index (χ1) is 20.9. The second kappa shape index (κ2) is 12.5. The maximum absolute atomic E-state index is 12.2. The maximum atomic E-state index is 12.2. The summed E-state index contributed by atoms with van der Waals surface area (Å²) in [6, 6.07) is 9.14. The van der Waals surface area contributed by atoms with Gasteiger partial charge in [-0.25, -0.2) is 14.6 Å². The molecule has 1 aliphatic carbocycles. The second-order valence-corrected chi connectivity index (χ2v) is 11.9. The number of pyridine rings is 1. The number of carbonyl (C=O) groups is 2. The normalized spacial score (nSPS) is 19.2. The lowest BCUT2D eigenvalue weighted by Crippen LogP contribution is -2.33. The number of aromatic nitrogens is 2. The molecule has 0 spiro atoms. The Morgan fingerprint density at radius 2 is 1.88 bits per heavy atom. The molecule has 3 aromatic rings. The summed E-state index contributed by atoms with van der Waals surface area (Å²) in [6.45, 7) is 3.88. The molecule has 224 valence electrons. The van der Waals surface area contributed by atoms with E-state index in [1.165, 1.54) is 12.8 Å². The summed E-state index contributed by atoms with van der Waals surface area (Å²) < 4.78 is 22.5. The summed E-state index contributed by atoms with van der Waals surface area (Å²) in [5, 5.41) is 14.6. The summed E-state index contributed by atoms with van der Waals surface area (Å²) in [7, 11) is 4.09. The van der Waals surface area contributed by atoms with E-state index in [1.54, 1.807) is 18.2 Å². The lowest BCUT2D eigenvalue weighted by molar-refractivity contribution is -0.134. The van der Waals surface area contributed by atoms with Crippen molar-refractivity contribution in [2.45, 2.75) is 51.6 Å². The van der Waals surface area contributed by atoms with E-state index in [1.807, 2.05) is 14.1 Å². The van der Waals surface area contributed by atoms with E-state index in [4.69, 9.17) is 24.0 Å². The molecular weight excluding hydrogens is 550 g/mol. The van der Waals surface area contributed by atoms with Crippen LogP contribution in [0.5, 0.6) is 17.4 Å². The molecule has 2 aromatic heterocycles. The molecule has 0 bridgehead atoms. The number of carbonyl (C=O) groups excluding carboxylic acids is 2. The summed E-state index contributed by atoms with van der Waals surface area (Å²) in [5.74, 6) is 0.340. The van der Waals surface area contributed by atoms with Crippen LogP contribution >= 0.6 is 0 Å². The summed E-state index contributed by atoms with van der Waals surface area (Å²) in [4.78, 5) is 33.0. The topological polar surface area (TPSA) is 131 Å². The van der Waals surface area contributed by atoms with Crippen molar-refractivity contribution in [3.63, 3.8) is 0 Å². The van der Waals surface area contributed by atoms with Gasteiger partial charge < -0.3 is 23.6 Å². The lowest BCUT2D eigenvalue weighted by atomic mass is 9.91. The van der Waals surface area contributed by atoms with Gasteiger partial charge in [-0.05, 0) is 102 Å². The summed E-state index contributed by atoms with van der Waals surface area (Å²) in [6.07, 6.45) is 7.31. The first kappa shape index (κ1) is 28.8. The molecule has 0 radical (unpaired) electrons. The fraction of sp³-hybridized carbons (Fsp3) is 0.469. The third-order valence-corrected chi connectivity index (χ3v) is 8.19. The van der Waals surface area contributed by atoms with Crippen molar-refractivity contribution >= 4 is 22.9 Å². The van der Waals surface area contributed by atoms with E-state index in [9.17, 15) is 9.59 Å². The van der Waals surface area contributed by atoms with Crippen LogP contribution in [-0.4, -0.2) is 65.7 Å². The largest absolute Gasteiger partial charge is 0.493 e. The van der Waals surface area contributed by atoms with Crippen molar-refractivity contribution in [3.8, 4) is 23.4 Å². The molecule has 1 aromatic carbocycles. The number of nitrogens with zero attached hydrogens (tertiary/aromatic N) is 5. The Kier molecular flexibility index (Phi) is 8.40. The van der Waals surface area contributed by atoms with Crippen molar-refractivity contribution in [1.82, 2.24) is 19.9 Å². The molecule has 0 amide bonds. The number of ether oxygens (including phenoxy) is 3. The Morgan fingerprint density at radius 1 is 1.07 bits per heavy atom. The Bertz CT molecular complexity index is 1590. The number of fused-ring (bicyclic) bond motifs is 2. The van der Waals surface area contributed by atoms with Crippen LogP contribution in [0.4, 0.5) is 0 Å². The standard InChI is InChI=1S/C32H35N5O6/c1-36(2)18-25-27(40-19-21-3-4-21)10-7-24-26(35-43-30(24)25)8-5-20-11-13-37(14-12-20)17-23-6-9-28-31(34-23)42-32(39)22(16-33)15-29(38)41-28/h6-7,9-10,15,20-21H,3-5,8,11-14,17-19H2,1-2H3/b22-15+. The number of aryl methyl sites for hydroxylation is 1. The lowest BCUT2D eigenvalue weighted by Gasteiger charge is -2.31. The first-order valence-corrected chi connectivity index (χ1v) is 14.8. The minimum Gasteiger partial charge on any atom is -0.493 e. The first-order valence-electron chi connectivity index (χ1n) is 14.8. The molecule has 43 heavy (non-hydrogen) atoms. The maximum Gasteiger partial charge on any atom is 0.356 e. The molecule has 0 N–H and O–H groups in total. The monoisotopic (exact) mass is 585 g/mol. The number of benzene rings is 1. The molecule has 0 atom stereocenters. The highest BCUT2D eigenvalue weighted by Gasteiger charge is 2.26. The molecule has 4 heterocycles. The van der Waals surface area contributed by atoms with E-state index in [2.05, 4.69) is 32.1 Å². The predicted molar refractivity (Wildman–Crippen MR) is 155 cm³/mol. The Morgan fingerprint density at radius 3 is 2.63 bits per heavy atom. The zero-order chi connectivity index (χ0) is 29.9. The average Bonchev–Trinajstić information content (AvgIpc) is 3.73. The van der Waals surface area contributed by atoms with E-state index < -0.39 is 17.5 Å². The number of hydrogen-bond acceptors (Lipinski definition) is 11. The SMILES string of the molecule is CN(C)Cc1c(OCC2CC2)ccc2c(CCC3CCN(Cc4ccc5c(n4)OC(=O)/C(C#N)=C/C(=O)O5)CC3)noc12. The molecule has 11 nitrogen and oxygen atoms in total. The van der Waals surface area contributed by atoms with Crippen LogP contribution in [0.3, 0.4) is 0 Å². The molecule has 6 rings (SSSR count). The molecule has 2 fully saturated rings. The minimum atomic E-state index is -0.929. The Hall–Kier alpha value is -4.27. The van der Waals surface area contributed by atoms with Gasteiger partial charge in [0.2, 0.25) is 0 Å². The number of piperidine rings is 1. The van der Waals surface area contributed by atoms with Gasteiger partial charge in [0.15, 0.2) is 11.3 Å². The number of likely N-dealkylation sites (tertiary alicyclic amines) is 1. The van der Waals surface area contributed by atoms with Gasteiger partial charge in [0, 0.05) is 24.6 Å². The summed E-state index contributed by atoms with van der Waals surface area (Å²) >= 11 is 0. The van der Waals surface area contributed by atoms with E-state index in [-0.39, 0.29) is 11.6 Å². The van der Waals surface area contributed by atoms with Crippen LogP contribution in [0.25, 0.3) is 11.0 Å². The van der Waals surface area contributed by atoms with Crippen LogP contribution in [0, 0.1) is 23.2 Å². The van der Waals surface area contributed by atoms with Crippen molar-refractivity contribution in [2.75, 3.05) is 33.8 Å². The molecule has 1 saturated carbocycles. The van der Waals surface area contributed by atoms with Crippen LogP contribution in [0.15, 0.2) is 40.4 Å². The highest BCUT2D eigenvalue weighted by Crippen LogP contribution is 2.35. The van der Waals surface area contributed by atoms with Crippen LogP contribution in [0.2, 0.25) is 0 Å². The minimum absolute atomic E-state index is 0.0465. The fourth-order valence-electron chi connectivity index (χ4n) is 5.61. The average molecular weight is 586 g/mol. The van der Waals surface area contributed by atoms with Crippen LogP contribution in [0.1, 0.15) is 49.1 Å². The van der Waals surface area contributed by atoms with E-state index in [0.717, 1.165) is 86.0 Å². The number of hydrogen-bond donors (Lipinski definition) is 0. The molecule has 11 heteroatoms. The molecule has 3 aliphatic rings. The number of rotatable bonds is 10. The van der Waals surface area contributed by atoms with E-state index >= 15 is 0 Å². The quantitative estimate of drug-likeness (QED) is 0.317. The van der Waals surface area contributed by atoms with Gasteiger partial charge >= 0.3 is 11.9 Å². The van der Waals surface area contributed by atoms with Crippen molar-refractivity contribution in [3.05, 3.63) is 52.9 Å². The van der Waals surface area contributed by atoms with Gasteiger partial charge in [-0.2, -0.15) is 5.26 Å². The Balaban J connectivity index is 1.04. The predicted octanol–water partition coefficient (Wildman–Crippen LogP) is 4.19. The van der Waals surface area contributed by atoms with E-state index in [0.29, 0.717) is 24.1 Å². The van der Waals surface area contributed by atoms with Crippen LogP contribution in [-0.2, 0) is 29.1 Å². The molecular formula is C32H35N5O6. The third-order valence-electron chi connectivity index (χ3n) is 8.19. The second-order valence-electron chi connectivity index (χ2n) is 11.9. The van der Waals surface area contributed by atoms with Crippen molar-refractivity contribution in [1.29, 1.82) is 5.26 Å². The van der Waals surface area contributed by atoms with Crippen molar-refractivity contribution < 1.29 is 28.3 Å². The van der Waals surface area contributed by atoms with Gasteiger partial charge in [0.1, 0.15) is 17.4 Å². The van der Waals surface area contributed by atoms with Crippen LogP contribution < -0.4 is 14.2 Å². The zero-order valence-electron chi connectivity index (χ0n) is 24.5. The number of nitriles is 1. The van der Waals surface area contributed by atoms with Gasteiger partial charge in [-0.3, -0.25) is 4.90 Å². The van der Waals surface area contributed by atoms with Gasteiger partial charge in [-0.15, -0.1) is 0 Å².